The Balaban J connectivity index is 2.01. The van der Waals surface area contributed by atoms with Crippen LogP contribution in [0.15, 0.2) is 59.5 Å². The second-order valence-electron chi connectivity index (χ2n) is 3.69. The van der Waals surface area contributed by atoms with Crippen LogP contribution in [0, 0.1) is 11.2 Å². The summed E-state index contributed by atoms with van der Waals surface area (Å²) in [6.45, 7) is 2.16. The SMILES string of the molecule is CCc1ccc(C#CSc2ccccc2)cc1. The Bertz CT molecular complexity index is 515. The van der Waals surface area contributed by atoms with E-state index in [-0.39, 0.29) is 0 Å². The fourth-order valence-electron chi connectivity index (χ4n) is 1.46. The van der Waals surface area contributed by atoms with Gasteiger partial charge in [0.25, 0.3) is 0 Å². The third-order valence-corrected chi connectivity index (χ3v) is 3.18. The van der Waals surface area contributed by atoms with Crippen LogP contribution >= 0.6 is 11.8 Å². The smallest absolute Gasteiger partial charge is 0.0254 e. The number of hydrogen-bond donors (Lipinski definition) is 0. The first kappa shape index (κ1) is 11.8. The van der Waals surface area contributed by atoms with Gasteiger partial charge in [-0.05, 0) is 53.3 Å². The molecule has 0 heterocycles. The van der Waals surface area contributed by atoms with Crippen molar-refractivity contribution in [3.05, 3.63) is 65.7 Å². The lowest BCUT2D eigenvalue weighted by Crippen LogP contribution is -1.79. The molecule has 0 amide bonds. The Hall–Kier alpha value is -1.65. The van der Waals surface area contributed by atoms with E-state index in [0.29, 0.717) is 0 Å². The minimum Gasteiger partial charge on any atom is -0.0622 e. The Kier molecular flexibility index (Phi) is 4.30. The molecule has 0 fully saturated rings. The van der Waals surface area contributed by atoms with Crippen molar-refractivity contribution in [2.45, 2.75) is 18.2 Å². The summed E-state index contributed by atoms with van der Waals surface area (Å²) in [7, 11) is 0. The summed E-state index contributed by atoms with van der Waals surface area (Å²) in [6.07, 6.45) is 1.08. The van der Waals surface area contributed by atoms with E-state index in [1.54, 1.807) is 11.8 Å². The van der Waals surface area contributed by atoms with Crippen molar-refractivity contribution in [2.75, 3.05) is 0 Å². The first-order valence-corrected chi connectivity index (χ1v) is 6.52. The van der Waals surface area contributed by atoms with Gasteiger partial charge in [0.1, 0.15) is 0 Å². The van der Waals surface area contributed by atoms with Crippen LogP contribution in [0.1, 0.15) is 18.1 Å². The van der Waals surface area contributed by atoms with Crippen molar-refractivity contribution in [1.29, 1.82) is 0 Å². The molecule has 17 heavy (non-hydrogen) atoms. The second kappa shape index (κ2) is 6.18. The van der Waals surface area contributed by atoms with Crippen LogP contribution in [0.2, 0.25) is 0 Å². The predicted molar refractivity (Wildman–Crippen MR) is 75.0 cm³/mol. The zero-order valence-corrected chi connectivity index (χ0v) is 10.6. The molecule has 2 aromatic carbocycles. The van der Waals surface area contributed by atoms with Crippen molar-refractivity contribution in [1.82, 2.24) is 0 Å². The highest BCUT2D eigenvalue weighted by molar-refractivity contribution is 8.03. The molecule has 0 aliphatic carbocycles. The van der Waals surface area contributed by atoms with Gasteiger partial charge < -0.3 is 0 Å². The number of hydrogen-bond acceptors (Lipinski definition) is 1. The van der Waals surface area contributed by atoms with Gasteiger partial charge in [-0.15, -0.1) is 0 Å². The zero-order valence-electron chi connectivity index (χ0n) is 9.81. The van der Waals surface area contributed by atoms with Crippen molar-refractivity contribution in [3.63, 3.8) is 0 Å². The molecule has 0 aliphatic heterocycles. The lowest BCUT2D eigenvalue weighted by Gasteiger charge is -1.95. The highest BCUT2D eigenvalue weighted by atomic mass is 32.2. The number of thioether (sulfide) groups is 1. The fraction of sp³-hybridized carbons (Fsp3) is 0.125. The van der Waals surface area contributed by atoms with Gasteiger partial charge in [-0.25, -0.2) is 0 Å². The van der Waals surface area contributed by atoms with Gasteiger partial charge in [0.05, 0.1) is 0 Å². The lowest BCUT2D eigenvalue weighted by molar-refractivity contribution is 1.14. The van der Waals surface area contributed by atoms with E-state index >= 15 is 0 Å². The summed E-state index contributed by atoms with van der Waals surface area (Å²) in [5.74, 6) is 3.16. The van der Waals surface area contributed by atoms with Gasteiger partial charge in [0, 0.05) is 10.5 Å². The predicted octanol–water partition coefficient (Wildman–Crippen LogP) is 4.35. The number of rotatable bonds is 2. The van der Waals surface area contributed by atoms with E-state index in [0.717, 1.165) is 12.0 Å². The molecule has 0 atom stereocenters. The molecule has 0 aliphatic rings. The quantitative estimate of drug-likeness (QED) is 0.553. The van der Waals surface area contributed by atoms with Crippen LogP contribution in [0.25, 0.3) is 0 Å². The van der Waals surface area contributed by atoms with Gasteiger partial charge >= 0.3 is 0 Å². The van der Waals surface area contributed by atoms with E-state index in [4.69, 9.17) is 0 Å². The molecule has 0 unspecified atom stereocenters. The van der Waals surface area contributed by atoms with E-state index in [2.05, 4.69) is 54.5 Å². The van der Waals surface area contributed by atoms with Crippen LogP contribution < -0.4 is 0 Å². The maximum Gasteiger partial charge on any atom is 0.0254 e. The molecule has 0 saturated carbocycles. The van der Waals surface area contributed by atoms with Gasteiger partial charge in [-0.1, -0.05) is 43.2 Å². The van der Waals surface area contributed by atoms with Crippen LogP contribution in [-0.2, 0) is 6.42 Å². The first-order valence-electron chi connectivity index (χ1n) is 5.70. The number of aryl methyl sites for hydroxylation is 1. The van der Waals surface area contributed by atoms with Crippen molar-refractivity contribution >= 4 is 11.8 Å². The Morgan fingerprint density at radius 2 is 1.65 bits per heavy atom. The van der Waals surface area contributed by atoms with Crippen LogP contribution in [0.4, 0.5) is 0 Å². The average Bonchev–Trinajstić information content (AvgIpc) is 2.41. The van der Waals surface area contributed by atoms with Gasteiger partial charge in [-0.2, -0.15) is 0 Å². The molecule has 2 aromatic rings. The van der Waals surface area contributed by atoms with E-state index < -0.39 is 0 Å². The third kappa shape index (κ3) is 3.69. The van der Waals surface area contributed by atoms with E-state index in [1.165, 1.54) is 10.5 Å². The van der Waals surface area contributed by atoms with Gasteiger partial charge in [-0.3, -0.25) is 0 Å². The summed E-state index contributed by atoms with van der Waals surface area (Å²) in [5.41, 5.74) is 2.43. The standard InChI is InChI=1S/C16H14S/c1-2-14-8-10-15(11-9-14)12-13-17-16-6-4-3-5-7-16/h3-11H,2H2,1H3. The second-order valence-corrected chi connectivity index (χ2v) is 4.57. The van der Waals surface area contributed by atoms with E-state index in [1.807, 2.05) is 18.2 Å². The van der Waals surface area contributed by atoms with Crippen LogP contribution in [0.3, 0.4) is 0 Å². The topological polar surface area (TPSA) is 0 Å². The highest BCUT2D eigenvalue weighted by Crippen LogP contribution is 2.15. The summed E-state index contributed by atoms with van der Waals surface area (Å²) >= 11 is 1.56. The highest BCUT2D eigenvalue weighted by Gasteiger charge is 1.89. The van der Waals surface area contributed by atoms with Crippen molar-refractivity contribution < 1.29 is 0 Å². The molecule has 0 bridgehead atoms. The van der Waals surface area contributed by atoms with E-state index in [9.17, 15) is 0 Å². The normalized spacial score (nSPS) is 9.47. The fourth-order valence-corrected chi connectivity index (χ4v) is 2.04. The molecular formula is C16H14S. The molecule has 0 spiro atoms. The van der Waals surface area contributed by atoms with Crippen molar-refractivity contribution in [2.24, 2.45) is 0 Å². The lowest BCUT2D eigenvalue weighted by atomic mass is 10.1. The monoisotopic (exact) mass is 238 g/mol. The summed E-state index contributed by atoms with van der Waals surface area (Å²) < 4.78 is 0. The summed E-state index contributed by atoms with van der Waals surface area (Å²) in [6, 6.07) is 18.6. The first-order chi connectivity index (χ1) is 8.38. The molecule has 0 nitrogen and oxygen atoms in total. The molecule has 0 saturated heterocycles. The van der Waals surface area contributed by atoms with Crippen LogP contribution in [0.5, 0.6) is 0 Å². The maximum atomic E-state index is 3.16. The average molecular weight is 238 g/mol. The van der Waals surface area contributed by atoms with Crippen molar-refractivity contribution in [3.8, 4) is 11.2 Å². The molecule has 0 radical (unpaired) electrons. The Labute approximate surface area is 107 Å². The minimum atomic E-state index is 1.07. The summed E-state index contributed by atoms with van der Waals surface area (Å²) in [4.78, 5) is 1.19. The Morgan fingerprint density at radius 3 is 2.29 bits per heavy atom. The van der Waals surface area contributed by atoms with Gasteiger partial charge in [0.2, 0.25) is 0 Å². The maximum absolute atomic E-state index is 3.16. The molecule has 1 heteroatoms. The van der Waals surface area contributed by atoms with Crippen LogP contribution in [-0.4, -0.2) is 0 Å². The number of benzene rings is 2. The summed E-state index contributed by atoms with van der Waals surface area (Å²) in [5, 5.41) is 3.12. The third-order valence-electron chi connectivity index (χ3n) is 2.47. The molecule has 0 N–H and O–H groups in total. The molecule has 2 rings (SSSR count). The largest absolute Gasteiger partial charge is 0.0622 e. The zero-order chi connectivity index (χ0) is 11.9. The molecule has 84 valence electrons. The van der Waals surface area contributed by atoms with Gasteiger partial charge in [0.15, 0.2) is 0 Å². The molecular weight excluding hydrogens is 224 g/mol. The minimum absolute atomic E-state index is 1.07. The Morgan fingerprint density at radius 1 is 0.941 bits per heavy atom. The molecule has 0 aromatic heterocycles.